The van der Waals surface area contributed by atoms with Crippen LogP contribution in [0.1, 0.15) is 16.7 Å². The summed E-state index contributed by atoms with van der Waals surface area (Å²) in [6.07, 6.45) is 3.22. The highest BCUT2D eigenvalue weighted by Crippen LogP contribution is 2.29. The van der Waals surface area contributed by atoms with Crippen LogP contribution in [-0.4, -0.2) is 13.0 Å². The monoisotopic (exact) mass is 407 g/mol. The van der Waals surface area contributed by atoms with Crippen LogP contribution in [0.2, 0.25) is 5.02 Å². The third kappa shape index (κ3) is 6.13. The lowest BCUT2D eigenvalue weighted by atomic mass is 10.2. The van der Waals surface area contributed by atoms with Gasteiger partial charge in [0.15, 0.2) is 11.5 Å². The van der Waals surface area contributed by atoms with Gasteiger partial charge in [-0.25, -0.2) is 0 Å². The third-order valence-corrected chi connectivity index (χ3v) is 4.49. The molecular weight excluding hydrogens is 386 g/mol. The summed E-state index contributed by atoms with van der Waals surface area (Å²) in [5, 5.41) is 3.52. The second-order valence-electron chi connectivity index (χ2n) is 6.51. The Morgan fingerprint density at radius 1 is 1.00 bits per heavy atom. The van der Waals surface area contributed by atoms with Crippen molar-refractivity contribution >= 4 is 29.3 Å². The van der Waals surface area contributed by atoms with Crippen LogP contribution < -0.4 is 14.8 Å². The molecule has 0 bridgehead atoms. The number of nitrogens with one attached hydrogen (secondary N) is 1. The van der Waals surface area contributed by atoms with Crippen molar-refractivity contribution in [2.75, 3.05) is 12.4 Å². The van der Waals surface area contributed by atoms with E-state index >= 15 is 0 Å². The zero-order valence-electron chi connectivity index (χ0n) is 16.3. The molecule has 4 nitrogen and oxygen atoms in total. The van der Waals surface area contributed by atoms with E-state index in [9.17, 15) is 4.79 Å². The second kappa shape index (κ2) is 9.80. The van der Waals surface area contributed by atoms with Crippen LogP contribution >= 0.6 is 11.6 Å². The van der Waals surface area contributed by atoms with E-state index in [1.165, 1.54) is 6.08 Å². The Bertz CT molecular complexity index is 996. The van der Waals surface area contributed by atoms with Crippen molar-refractivity contribution < 1.29 is 14.3 Å². The minimum atomic E-state index is -0.198. The summed E-state index contributed by atoms with van der Waals surface area (Å²) in [6.45, 7) is 2.41. The number of carbonyl (C=O) groups excluding carboxylic acids is 1. The van der Waals surface area contributed by atoms with Gasteiger partial charge in [0.25, 0.3) is 0 Å². The Morgan fingerprint density at radius 3 is 2.41 bits per heavy atom. The number of anilines is 1. The number of amides is 1. The van der Waals surface area contributed by atoms with Crippen LogP contribution in [0.4, 0.5) is 5.69 Å². The molecule has 0 aromatic heterocycles. The standard InChI is InChI=1S/C24H22ClNO3/c1-17-3-11-21(12-4-17)26-24(27)14-8-18-7-13-22(23(15-18)28-2)29-16-19-5-9-20(25)10-6-19/h3-15H,16H2,1-2H3,(H,26,27)/b14-8+. The summed E-state index contributed by atoms with van der Waals surface area (Å²) in [7, 11) is 1.59. The summed E-state index contributed by atoms with van der Waals surface area (Å²) in [6, 6.07) is 20.7. The second-order valence-corrected chi connectivity index (χ2v) is 6.95. The number of hydrogen-bond acceptors (Lipinski definition) is 3. The Labute approximate surface area is 175 Å². The van der Waals surface area contributed by atoms with Gasteiger partial charge in [-0.15, -0.1) is 0 Å². The van der Waals surface area contributed by atoms with E-state index in [-0.39, 0.29) is 5.91 Å². The molecule has 0 saturated carbocycles. The molecule has 0 fully saturated rings. The number of carbonyl (C=O) groups is 1. The van der Waals surface area contributed by atoms with E-state index in [1.807, 2.05) is 73.7 Å². The Balaban J connectivity index is 1.62. The quantitative estimate of drug-likeness (QED) is 0.497. The first-order chi connectivity index (χ1) is 14.0. The lowest BCUT2D eigenvalue weighted by molar-refractivity contribution is -0.111. The highest BCUT2D eigenvalue weighted by molar-refractivity contribution is 6.30. The van der Waals surface area contributed by atoms with Gasteiger partial charge in [-0.2, -0.15) is 0 Å². The lowest BCUT2D eigenvalue weighted by Crippen LogP contribution is -2.07. The number of aryl methyl sites for hydroxylation is 1. The zero-order chi connectivity index (χ0) is 20.6. The molecule has 0 saturated heterocycles. The maximum absolute atomic E-state index is 12.1. The topological polar surface area (TPSA) is 47.6 Å². The smallest absolute Gasteiger partial charge is 0.248 e. The number of methoxy groups -OCH3 is 1. The fraction of sp³-hybridized carbons (Fsp3) is 0.125. The average Bonchev–Trinajstić information content (AvgIpc) is 2.74. The molecule has 0 atom stereocenters. The van der Waals surface area contributed by atoms with Crippen molar-refractivity contribution in [3.05, 3.63) is 94.5 Å². The summed E-state index contributed by atoms with van der Waals surface area (Å²) >= 11 is 5.90. The number of ether oxygens (including phenoxy) is 2. The molecule has 0 radical (unpaired) electrons. The molecule has 0 spiro atoms. The van der Waals surface area contributed by atoms with Crippen LogP contribution in [0.5, 0.6) is 11.5 Å². The van der Waals surface area contributed by atoms with Crippen LogP contribution in [-0.2, 0) is 11.4 Å². The van der Waals surface area contributed by atoms with Crippen molar-refractivity contribution in [2.24, 2.45) is 0 Å². The highest BCUT2D eigenvalue weighted by Gasteiger charge is 2.06. The maximum Gasteiger partial charge on any atom is 0.248 e. The molecule has 5 heteroatoms. The first-order valence-electron chi connectivity index (χ1n) is 9.14. The summed E-state index contributed by atoms with van der Waals surface area (Å²) in [4.78, 5) is 12.1. The van der Waals surface area contributed by atoms with E-state index < -0.39 is 0 Å². The van der Waals surface area contributed by atoms with E-state index in [2.05, 4.69) is 5.32 Å². The summed E-state index contributed by atoms with van der Waals surface area (Å²) in [5.41, 5.74) is 3.74. The van der Waals surface area contributed by atoms with E-state index in [1.54, 1.807) is 13.2 Å². The van der Waals surface area contributed by atoms with Gasteiger partial charge in [0.2, 0.25) is 5.91 Å². The summed E-state index contributed by atoms with van der Waals surface area (Å²) in [5.74, 6) is 1.03. The number of rotatable bonds is 7. The first-order valence-corrected chi connectivity index (χ1v) is 9.52. The molecule has 3 rings (SSSR count). The Hall–Kier alpha value is -3.24. The van der Waals surface area contributed by atoms with Crippen molar-refractivity contribution in [3.63, 3.8) is 0 Å². The van der Waals surface area contributed by atoms with Gasteiger partial charge in [0.1, 0.15) is 6.61 Å². The molecular formula is C24H22ClNO3. The highest BCUT2D eigenvalue weighted by atomic mass is 35.5. The van der Waals surface area contributed by atoms with Crippen molar-refractivity contribution in [1.29, 1.82) is 0 Å². The maximum atomic E-state index is 12.1. The van der Waals surface area contributed by atoms with Crippen LogP contribution in [0.25, 0.3) is 6.08 Å². The first kappa shape index (κ1) is 20.5. The van der Waals surface area contributed by atoms with Crippen molar-refractivity contribution in [1.82, 2.24) is 0 Å². The molecule has 29 heavy (non-hydrogen) atoms. The number of hydrogen-bond donors (Lipinski definition) is 1. The minimum absolute atomic E-state index is 0.198. The lowest BCUT2D eigenvalue weighted by Gasteiger charge is -2.11. The molecule has 3 aromatic rings. The fourth-order valence-corrected chi connectivity index (χ4v) is 2.77. The summed E-state index contributed by atoms with van der Waals surface area (Å²) < 4.78 is 11.3. The van der Waals surface area contributed by atoms with Gasteiger partial charge in [0.05, 0.1) is 7.11 Å². The third-order valence-electron chi connectivity index (χ3n) is 4.24. The zero-order valence-corrected chi connectivity index (χ0v) is 17.1. The van der Waals surface area contributed by atoms with Gasteiger partial charge < -0.3 is 14.8 Å². The fourth-order valence-electron chi connectivity index (χ4n) is 2.64. The predicted molar refractivity (Wildman–Crippen MR) is 118 cm³/mol. The molecule has 0 aliphatic heterocycles. The number of benzene rings is 3. The molecule has 0 unspecified atom stereocenters. The molecule has 3 aromatic carbocycles. The van der Waals surface area contributed by atoms with E-state index in [4.69, 9.17) is 21.1 Å². The SMILES string of the molecule is COc1cc(/C=C/C(=O)Nc2ccc(C)cc2)ccc1OCc1ccc(Cl)cc1. The van der Waals surface area contributed by atoms with E-state index in [0.29, 0.717) is 23.1 Å². The molecule has 1 N–H and O–H groups in total. The molecule has 0 heterocycles. The van der Waals surface area contributed by atoms with Crippen LogP contribution in [0.15, 0.2) is 72.8 Å². The Morgan fingerprint density at radius 2 is 1.72 bits per heavy atom. The number of halogens is 1. The van der Waals surface area contributed by atoms with Crippen molar-refractivity contribution in [3.8, 4) is 11.5 Å². The van der Waals surface area contributed by atoms with Gasteiger partial charge in [-0.05, 0) is 60.5 Å². The van der Waals surface area contributed by atoms with Gasteiger partial charge in [0, 0.05) is 16.8 Å². The molecule has 0 aliphatic rings. The van der Waals surface area contributed by atoms with Gasteiger partial charge in [-0.1, -0.05) is 47.5 Å². The van der Waals surface area contributed by atoms with E-state index in [0.717, 1.165) is 22.4 Å². The average molecular weight is 408 g/mol. The molecule has 1 amide bonds. The Kier molecular flexibility index (Phi) is 6.93. The molecule has 0 aliphatic carbocycles. The normalized spacial score (nSPS) is 10.7. The van der Waals surface area contributed by atoms with Crippen LogP contribution in [0, 0.1) is 6.92 Å². The van der Waals surface area contributed by atoms with Crippen molar-refractivity contribution in [2.45, 2.75) is 13.5 Å². The molecule has 148 valence electrons. The minimum Gasteiger partial charge on any atom is -0.493 e. The van der Waals surface area contributed by atoms with Gasteiger partial charge >= 0.3 is 0 Å². The predicted octanol–water partition coefficient (Wildman–Crippen LogP) is 5.89. The van der Waals surface area contributed by atoms with Crippen LogP contribution in [0.3, 0.4) is 0 Å². The largest absolute Gasteiger partial charge is 0.493 e. The van der Waals surface area contributed by atoms with Gasteiger partial charge in [-0.3, -0.25) is 4.79 Å².